The molecule has 94 valence electrons. The fourth-order valence-corrected chi connectivity index (χ4v) is 3.87. The van der Waals surface area contributed by atoms with Gasteiger partial charge >= 0.3 is 5.97 Å². The molecule has 0 amide bonds. The summed E-state index contributed by atoms with van der Waals surface area (Å²) in [4.78, 5) is 10.3. The summed E-state index contributed by atoms with van der Waals surface area (Å²) in [6.45, 7) is 0.423. The highest BCUT2D eigenvalue weighted by Gasteiger charge is 2.18. The number of carboxylic acids is 1. The second-order valence-corrected chi connectivity index (χ2v) is 7.13. The molecule has 1 heterocycles. The van der Waals surface area contributed by atoms with Gasteiger partial charge in [0.25, 0.3) is 0 Å². The van der Waals surface area contributed by atoms with E-state index in [2.05, 4.69) is 4.72 Å². The zero-order valence-electron chi connectivity index (χ0n) is 9.02. The van der Waals surface area contributed by atoms with Gasteiger partial charge in [0, 0.05) is 11.8 Å². The largest absolute Gasteiger partial charge is 0.481 e. The lowest BCUT2D eigenvalue weighted by Gasteiger charge is -2.21. The Balaban J connectivity index is 2.26. The van der Waals surface area contributed by atoms with Crippen LogP contribution < -0.4 is 4.72 Å². The van der Waals surface area contributed by atoms with Crippen molar-refractivity contribution in [2.24, 2.45) is 0 Å². The minimum absolute atomic E-state index is 0.334. The van der Waals surface area contributed by atoms with E-state index in [9.17, 15) is 13.2 Å². The molecule has 0 saturated carbocycles. The van der Waals surface area contributed by atoms with Crippen LogP contribution >= 0.6 is 11.8 Å². The molecule has 1 rings (SSSR count). The molecule has 0 aliphatic carbocycles. The lowest BCUT2D eigenvalue weighted by atomic mass is 10.2. The third kappa shape index (κ3) is 5.72. The summed E-state index contributed by atoms with van der Waals surface area (Å²) in [5, 5.41) is 8.74. The van der Waals surface area contributed by atoms with Gasteiger partial charge in [-0.15, -0.1) is 0 Å². The molecular formula is C9H17NO4S2. The summed E-state index contributed by atoms with van der Waals surface area (Å²) in [7, 11) is -3.42. The van der Waals surface area contributed by atoms with Crippen LogP contribution in [0.4, 0.5) is 0 Å². The van der Waals surface area contributed by atoms with Gasteiger partial charge in [0.15, 0.2) is 0 Å². The molecule has 0 bridgehead atoms. The van der Waals surface area contributed by atoms with Crippen LogP contribution in [-0.4, -0.2) is 42.8 Å². The second-order valence-electron chi connectivity index (χ2n) is 3.80. The lowest BCUT2D eigenvalue weighted by molar-refractivity contribution is -0.136. The van der Waals surface area contributed by atoms with E-state index >= 15 is 0 Å². The van der Waals surface area contributed by atoms with Gasteiger partial charge in [-0.05, 0) is 18.6 Å². The molecule has 1 aliphatic rings. The minimum atomic E-state index is -3.42. The van der Waals surface area contributed by atoms with Crippen molar-refractivity contribution in [2.45, 2.75) is 30.9 Å². The Morgan fingerprint density at radius 2 is 2.19 bits per heavy atom. The quantitative estimate of drug-likeness (QED) is 0.739. The number of thioether (sulfide) groups is 1. The zero-order chi connectivity index (χ0) is 12.0. The zero-order valence-corrected chi connectivity index (χ0v) is 10.6. The van der Waals surface area contributed by atoms with Crippen LogP contribution in [0.3, 0.4) is 0 Å². The molecule has 0 aromatic carbocycles. The minimum Gasteiger partial charge on any atom is -0.481 e. The van der Waals surface area contributed by atoms with E-state index in [1.54, 1.807) is 11.8 Å². The fraction of sp³-hybridized carbons (Fsp3) is 0.889. The van der Waals surface area contributed by atoms with Gasteiger partial charge in [-0.1, -0.05) is 6.42 Å². The molecule has 1 aliphatic heterocycles. The van der Waals surface area contributed by atoms with E-state index in [1.165, 1.54) is 6.42 Å². The van der Waals surface area contributed by atoms with Gasteiger partial charge in [-0.2, -0.15) is 11.8 Å². The van der Waals surface area contributed by atoms with E-state index in [0.717, 1.165) is 18.6 Å². The maximum Gasteiger partial charge on any atom is 0.304 e. The van der Waals surface area contributed by atoms with Crippen molar-refractivity contribution >= 4 is 27.8 Å². The summed E-state index contributed by atoms with van der Waals surface area (Å²) >= 11 is 1.79. The number of hydrogen-bond donors (Lipinski definition) is 2. The van der Waals surface area contributed by atoms with Crippen molar-refractivity contribution in [1.29, 1.82) is 0 Å². The fourth-order valence-electron chi connectivity index (χ4n) is 1.48. The van der Waals surface area contributed by atoms with Crippen molar-refractivity contribution in [3.8, 4) is 0 Å². The summed E-state index contributed by atoms with van der Waals surface area (Å²) in [5.74, 6) is -0.334. The van der Waals surface area contributed by atoms with Crippen molar-refractivity contribution in [1.82, 2.24) is 4.72 Å². The second kappa shape index (κ2) is 6.46. The Hall–Kier alpha value is -0.270. The molecule has 0 aromatic rings. The van der Waals surface area contributed by atoms with E-state index in [-0.39, 0.29) is 12.2 Å². The number of carbonyl (C=O) groups is 1. The molecule has 1 unspecified atom stereocenters. The van der Waals surface area contributed by atoms with Gasteiger partial charge in [0.2, 0.25) is 10.0 Å². The molecule has 5 nitrogen and oxygen atoms in total. The topological polar surface area (TPSA) is 83.5 Å². The van der Waals surface area contributed by atoms with Crippen LogP contribution in [0.2, 0.25) is 0 Å². The van der Waals surface area contributed by atoms with Gasteiger partial charge in [-0.3, -0.25) is 4.79 Å². The number of nitrogens with one attached hydrogen (secondary N) is 1. The van der Waals surface area contributed by atoms with Gasteiger partial charge in [0.05, 0.1) is 12.2 Å². The summed E-state index contributed by atoms with van der Waals surface area (Å²) < 4.78 is 25.3. The predicted molar refractivity (Wildman–Crippen MR) is 64.1 cm³/mol. The molecule has 1 fully saturated rings. The van der Waals surface area contributed by atoms with E-state index in [0.29, 0.717) is 11.8 Å². The number of carboxylic acid groups (broad SMARTS) is 1. The Bertz CT molecular complexity index is 322. The van der Waals surface area contributed by atoms with Gasteiger partial charge in [0.1, 0.15) is 0 Å². The van der Waals surface area contributed by atoms with Crippen LogP contribution in [0.15, 0.2) is 0 Å². The molecule has 7 heteroatoms. The van der Waals surface area contributed by atoms with Crippen LogP contribution in [0.1, 0.15) is 25.7 Å². The molecule has 16 heavy (non-hydrogen) atoms. The molecule has 0 aromatic heterocycles. The summed E-state index contributed by atoms with van der Waals surface area (Å²) in [6.07, 6.45) is 3.04. The summed E-state index contributed by atoms with van der Waals surface area (Å²) in [5.41, 5.74) is 0. The lowest BCUT2D eigenvalue weighted by Crippen LogP contribution is -2.34. The van der Waals surface area contributed by atoms with E-state index in [1.807, 2.05) is 0 Å². The average molecular weight is 267 g/mol. The SMILES string of the molecule is O=C(O)CCS(=O)(=O)NCC1CCCCS1. The Labute approximate surface area is 100 Å². The highest BCUT2D eigenvalue weighted by Crippen LogP contribution is 2.24. The first-order chi connectivity index (χ1) is 7.49. The maximum absolute atomic E-state index is 11.4. The third-order valence-electron chi connectivity index (χ3n) is 2.39. The summed E-state index contributed by atoms with van der Waals surface area (Å²) in [6, 6.07) is 0. The molecule has 0 spiro atoms. The number of sulfonamides is 1. The highest BCUT2D eigenvalue weighted by molar-refractivity contribution is 8.00. The molecule has 1 saturated heterocycles. The molecule has 1 atom stereocenters. The molecule has 0 radical (unpaired) electrons. The van der Waals surface area contributed by atoms with Crippen molar-refractivity contribution in [3.05, 3.63) is 0 Å². The van der Waals surface area contributed by atoms with Crippen molar-refractivity contribution in [3.63, 3.8) is 0 Å². The highest BCUT2D eigenvalue weighted by atomic mass is 32.2. The molecular weight excluding hydrogens is 250 g/mol. The maximum atomic E-state index is 11.4. The number of rotatable bonds is 6. The standard InChI is InChI=1S/C9H17NO4S2/c11-9(12)4-6-16(13,14)10-7-8-3-1-2-5-15-8/h8,10H,1-7H2,(H,11,12). The monoisotopic (exact) mass is 267 g/mol. The van der Waals surface area contributed by atoms with Crippen LogP contribution in [-0.2, 0) is 14.8 Å². The Morgan fingerprint density at radius 1 is 1.44 bits per heavy atom. The Morgan fingerprint density at radius 3 is 2.75 bits per heavy atom. The van der Waals surface area contributed by atoms with Crippen molar-refractivity contribution < 1.29 is 18.3 Å². The first-order valence-corrected chi connectivity index (χ1v) is 8.00. The first-order valence-electron chi connectivity index (χ1n) is 5.30. The van der Waals surface area contributed by atoms with Crippen molar-refractivity contribution in [2.75, 3.05) is 18.1 Å². The smallest absolute Gasteiger partial charge is 0.304 e. The average Bonchev–Trinajstić information content (AvgIpc) is 2.26. The predicted octanol–water partition coefficient (Wildman–Crippen LogP) is 0.666. The van der Waals surface area contributed by atoms with Gasteiger partial charge < -0.3 is 5.11 Å². The van der Waals surface area contributed by atoms with Gasteiger partial charge in [-0.25, -0.2) is 13.1 Å². The normalized spacial score (nSPS) is 21.9. The number of aliphatic carboxylic acids is 1. The molecule has 2 N–H and O–H groups in total. The van der Waals surface area contributed by atoms with Crippen LogP contribution in [0, 0.1) is 0 Å². The number of hydrogen-bond acceptors (Lipinski definition) is 4. The van der Waals surface area contributed by atoms with E-state index in [4.69, 9.17) is 5.11 Å². The Kier molecular flexibility index (Phi) is 5.57. The van der Waals surface area contributed by atoms with E-state index < -0.39 is 16.0 Å². The van der Waals surface area contributed by atoms with Crippen LogP contribution in [0.25, 0.3) is 0 Å². The third-order valence-corrected chi connectivity index (χ3v) is 5.14. The first kappa shape index (κ1) is 13.8. The van der Waals surface area contributed by atoms with Crippen LogP contribution in [0.5, 0.6) is 0 Å².